The SMILES string of the molecule is Cc1c(Br)c(Br)c(Br)c(Br)c1OCOc1c(C)c(Br)c(Br)c(Br)c1Br. The van der Waals surface area contributed by atoms with Crippen molar-refractivity contribution in [2.45, 2.75) is 13.8 Å². The Kier molecular flexibility index (Phi) is 8.88. The smallest absolute Gasteiger partial charge is 0.231 e. The Morgan fingerprint density at radius 1 is 0.480 bits per heavy atom. The molecule has 0 aliphatic carbocycles. The Bertz CT molecular complexity index is 723. The summed E-state index contributed by atoms with van der Waals surface area (Å²) < 4.78 is 18.8. The Morgan fingerprint density at radius 3 is 1.08 bits per heavy atom. The van der Waals surface area contributed by atoms with E-state index in [0.717, 1.165) is 46.9 Å². The molecule has 2 aromatic rings. The van der Waals surface area contributed by atoms with E-state index >= 15 is 0 Å². The minimum Gasteiger partial charge on any atom is -0.456 e. The van der Waals surface area contributed by atoms with Gasteiger partial charge in [-0.2, -0.15) is 0 Å². The van der Waals surface area contributed by atoms with Gasteiger partial charge >= 0.3 is 0 Å². The molecule has 0 unspecified atom stereocenters. The van der Waals surface area contributed by atoms with Crippen LogP contribution in [0.5, 0.6) is 11.5 Å². The molecule has 10 heteroatoms. The summed E-state index contributed by atoms with van der Waals surface area (Å²) in [4.78, 5) is 0. The second kappa shape index (κ2) is 9.59. The molecule has 136 valence electrons. The number of hydrogen-bond donors (Lipinski definition) is 0. The van der Waals surface area contributed by atoms with Gasteiger partial charge in [-0.25, -0.2) is 0 Å². The molecule has 0 aliphatic heterocycles. The highest BCUT2D eigenvalue weighted by molar-refractivity contribution is 9.15. The summed E-state index contributed by atoms with van der Waals surface area (Å²) in [7, 11) is 0. The van der Waals surface area contributed by atoms with E-state index in [4.69, 9.17) is 9.47 Å². The van der Waals surface area contributed by atoms with E-state index in [1.54, 1.807) is 0 Å². The number of ether oxygens (including phenoxy) is 2. The largest absolute Gasteiger partial charge is 0.456 e. The first kappa shape index (κ1) is 23.2. The lowest BCUT2D eigenvalue weighted by Gasteiger charge is -2.18. The lowest BCUT2D eigenvalue weighted by molar-refractivity contribution is 0.116. The topological polar surface area (TPSA) is 18.5 Å². The fourth-order valence-corrected chi connectivity index (χ4v) is 6.72. The van der Waals surface area contributed by atoms with Crippen molar-refractivity contribution in [1.29, 1.82) is 0 Å². The molecule has 0 saturated carbocycles. The van der Waals surface area contributed by atoms with Gasteiger partial charge in [0, 0.05) is 29.0 Å². The van der Waals surface area contributed by atoms with Crippen molar-refractivity contribution in [3.8, 4) is 11.5 Å². The van der Waals surface area contributed by atoms with Crippen LogP contribution in [0.4, 0.5) is 0 Å². The third-order valence-electron chi connectivity index (χ3n) is 3.30. The molecule has 0 saturated heterocycles. The lowest BCUT2D eigenvalue weighted by atomic mass is 10.2. The maximum atomic E-state index is 5.90. The van der Waals surface area contributed by atoms with Crippen LogP contribution >= 0.6 is 127 Å². The summed E-state index contributed by atoms with van der Waals surface area (Å²) in [6, 6.07) is 0. The average molecular weight is 859 g/mol. The van der Waals surface area contributed by atoms with Crippen LogP contribution < -0.4 is 9.47 Å². The van der Waals surface area contributed by atoms with Gasteiger partial charge in [-0.1, -0.05) is 0 Å². The lowest BCUT2D eigenvalue weighted by Crippen LogP contribution is -2.09. The molecule has 0 amide bonds. The van der Waals surface area contributed by atoms with Crippen molar-refractivity contribution in [3.63, 3.8) is 0 Å². The molecular formula is C15H8Br8O2. The summed E-state index contributed by atoms with van der Waals surface area (Å²) in [5, 5.41) is 0. The van der Waals surface area contributed by atoms with Gasteiger partial charge < -0.3 is 9.47 Å². The molecular weight excluding hydrogens is 851 g/mol. The highest BCUT2D eigenvalue weighted by Crippen LogP contribution is 2.47. The second-order valence-corrected chi connectivity index (χ2v) is 11.2. The van der Waals surface area contributed by atoms with Crippen LogP contribution in [0.15, 0.2) is 35.8 Å². The summed E-state index contributed by atoms with van der Waals surface area (Å²) in [6.45, 7) is 3.99. The monoisotopic (exact) mass is 851 g/mol. The van der Waals surface area contributed by atoms with Gasteiger partial charge in [0.1, 0.15) is 11.5 Å². The van der Waals surface area contributed by atoms with E-state index in [0.29, 0.717) is 11.5 Å². The molecule has 2 aromatic carbocycles. The maximum Gasteiger partial charge on any atom is 0.231 e. The number of hydrogen-bond acceptors (Lipinski definition) is 2. The third-order valence-corrected chi connectivity index (χ3v) is 13.2. The van der Waals surface area contributed by atoms with E-state index < -0.39 is 0 Å². The average Bonchev–Trinajstić information content (AvgIpc) is 2.60. The van der Waals surface area contributed by atoms with Gasteiger partial charge in [-0.3, -0.25) is 0 Å². The number of rotatable bonds is 4. The fraction of sp³-hybridized carbons (Fsp3) is 0.200. The Hall–Kier alpha value is 1.88. The second-order valence-electron chi connectivity index (χ2n) is 4.83. The predicted octanol–water partition coefficient (Wildman–Crippen LogP) is 9.82. The third kappa shape index (κ3) is 4.73. The first-order valence-corrected chi connectivity index (χ1v) is 12.8. The van der Waals surface area contributed by atoms with Gasteiger partial charge in [0.25, 0.3) is 0 Å². The molecule has 2 nitrogen and oxygen atoms in total. The van der Waals surface area contributed by atoms with Gasteiger partial charge in [0.2, 0.25) is 6.79 Å². The first-order chi connectivity index (χ1) is 11.6. The molecule has 0 N–H and O–H groups in total. The van der Waals surface area contributed by atoms with Crippen LogP contribution in [0, 0.1) is 13.8 Å². The van der Waals surface area contributed by atoms with Crippen LogP contribution in [0.2, 0.25) is 0 Å². The fourth-order valence-electron chi connectivity index (χ4n) is 1.93. The van der Waals surface area contributed by atoms with Gasteiger partial charge in [-0.05, 0) is 141 Å². The van der Waals surface area contributed by atoms with E-state index in [-0.39, 0.29) is 6.79 Å². The van der Waals surface area contributed by atoms with Crippen LogP contribution in [-0.4, -0.2) is 6.79 Å². The molecule has 0 bridgehead atoms. The highest BCUT2D eigenvalue weighted by atomic mass is 79.9. The summed E-state index contributed by atoms with van der Waals surface area (Å²) in [6.07, 6.45) is 0. The quantitative estimate of drug-likeness (QED) is 0.173. The Morgan fingerprint density at radius 2 is 0.760 bits per heavy atom. The first-order valence-electron chi connectivity index (χ1n) is 6.50. The molecule has 25 heavy (non-hydrogen) atoms. The van der Waals surface area contributed by atoms with Crippen LogP contribution in [0.3, 0.4) is 0 Å². The molecule has 0 radical (unpaired) electrons. The molecule has 0 spiro atoms. The zero-order valence-corrected chi connectivity index (χ0v) is 25.2. The van der Waals surface area contributed by atoms with E-state index in [9.17, 15) is 0 Å². The van der Waals surface area contributed by atoms with Crippen molar-refractivity contribution in [2.24, 2.45) is 0 Å². The molecule has 0 heterocycles. The highest BCUT2D eigenvalue weighted by Gasteiger charge is 2.20. The van der Waals surface area contributed by atoms with E-state index in [2.05, 4.69) is 127 Å². The van der Waals surface area contributed by atoms with Crippen molar-refractivity contribution in [1.82, 2.24) is 0 Å². The van der Waals surface area contributed by atoms with Gasteiger partial charge in [0.15, 0.2) is 0 Å². The number of benzene rings is 2. The standard InChI is InChI=1S/C15H8Br8O2/c1-4-6(16)8(18)10(20)12(22)14(4)24-3-25-15-5(2)7(17)9(19)11(21)13(15)23/h3H2,1-2H3. The van der Waals surface area contributed by atoms with Crippen molar-refractivity contribution >= 4 is 127 Å². The van der Waals surface area contributed by atoms with Crippen LogP contribution in [0.1, 0.15) is 11.1 Å². The van der Waals surface area contributed by atoms with Crippen LogP contribution in [0.25, 0.3) is 0 Å². The normalized spacial score (nSPS) is 11.0. The number of halogens is 8. The van der Waals surface area contributed by atoms with Crippen molar-refractivity contribution in [2.75, 3.05) is 6.79 Å². The zero-order valence-electron chi connectivity index (χ0n) is 12.5. The molecule has 0 aliphatic rings. The summed E-state index contributed by atoms with van der Waals surface area (Å²) in [5.41, 5.74) is 1.92. The van der Waals surface area contributed by atoms with E-state index in [1.807, 2.05) is 13.8 Å². The molecule has 0 fully saturated rings. The molecule has 0 aromatic heterocycles. The van der Waals surface area contributed by atoms with Crippen molar-refractivity contribution in [3.05, 3.63) is 46.9 Å². The molecule has 2 rings (SSSR count). The van der Waals surface area contributed by atoms with E-state index in [1.165, 1.54) is 0 Å². The maximum absolute atomic E-state index is 5.90. The van der Waals surface area contributed by atoms with Gasteiger partial charge in [-0.15, -0.1) is 0 Å². The predicted molar refractivity (Wildman–Crippen MR) is 130 cm³/mol. The summed E-state index contributed by atoms with van der Waals surface area (Å²) in [5.74, 6) is 1.40. The molecule has 0 atom stereocenters. The Labute approximate surface area is 213 Å². The summed E-state index contributed by atoms with van der Waals surface area (Å²) >= 11 is 28.4. The van der Waals surface area contributed by atoms with Crippen molar-refractivity contribution < 1.29 is 9.47 Å². The Balaban J connectivity index is 2.29. The zero-order chi connectivity index (χ0) is 19.0. The minimum atomic E-state index is 0.0555. The van der Waals surface area contributed by atoms with Gasteiger partial charge in [0.05, 0.1) is 17.9 Å². The minimum absolute atomic E-state index is 0.0555. The van der Waals surface area contributed by atoms with Crippen LogP contribution in [-0.2, 0) is 0 Å².